The molecule has 0 aliphatic rings. The summed E-state index contributed by atoms with van der Waals surface area (Å²) in [5.41, 5.74) is 2.47. The van der Waals surface area contributed by atoms with Gasteiger partial charge in [0.05, 0.1) is 11.2 Å². The van der Waals surface area contributed by atoms with Gasteiger partial charge in [0.1, 0.15) is 4.88 Å². The van der Waals surface area contributed by atoms with E-state index in [1.54, 1.807) is 5.51 Å². The zero-order valence-corrected chi connectivity index (χ0v) is 14.6. The first-order chi connectivity index (χ1) is 10.7. The first kappa shape index (κ1) is 18.4. The second-order valence-corrected chi connectivity index (χ2v) is 5.77. The molecular formula is C15H27N5OS. The number of nitrogens with one attached hydrogen (secondary N) is 3. The van der Waals surface area contributed by atoms with Gasteiger partial charge < -0.3 is 16.0 Å². The van der Waals surface area contributed by atoms with E-state index in [9.17, 15) is 4.79 Å². The smallest absolute Gasteiger partial charge is 0.263 e. The van der Waals surface area contributed by atoms with Crippen molar-refractivity contribution in [3.05, 3.63) is 16.1 Å². The lowest BCUT2D eigenvalue weighted by Gasteiger charge is -2.11. The molecule has 0 saturated heterocycles. The lowest BCUT2D eigenvalue weighted by atomic mass is 10.2. The van der Waals surface area contributed by atoms with Crippen molar-refractivity contribution in [2.75, 3.05) is 26.2 Å². The van der Waals surface area contributed by atoms with Gasteiger partial charge in [0.15, 0.2) is 5.96 Å². The SMILES string of the molecule is CCCCCN=C(NCC)NCCNC(=O)c1scnc1C. The highest BCUT2D eigenvalue weighted by Crippen LogP contribution is 2.10. The van der Waals surface area contributed by atoms with Gasteiger partial charge >= 0.3 is 0 Å². The molecule has 6 nitrogen and oxygen atoms in total. The topological polar surface area (TPSA) is 78.4 Å². The molecule has 0 spiro atoms. The number of aromatic nitrogens is 1. The zero-order valence-electron chi connectivity index (χ0n) is 13.7. The summed E-state index contributed by atoms with van der Waals surface area (Å²) in [6.45, 7) is 8.91. The molecule has 0 aromatic carbocycles. The molecule has 0 aliphatic heterocycles. The summed E-state index contributed by atoms with van der Waals surface area (Å²) in [7, 11) is 0. The van der Waals surface area contributed by atoms with Crippen LogP contribution in [0.25, 0.3) is 0 Å². The predicted molar refractivity (Wildman–Crippen MR) is 92.7 cm³/mol. The molecule has 1 aromatic rings. The van der Waals surface area contributed by atoms with Crippen LogP contribution in [0.2, 0.25) is 0 Å². The van der Waals surface area contributed by atoms with Gasteiger partial charge in [0, 0.05) is 26.2 Å². The highest BCUT2D eigenvalue weighted by molar-refractivity contribution is 7.11. The monoisotopic (exact) mass is 325 g/mol. The van der Waals surface area contributed by atoms with Crippen molar-refractivity contribution in [2.45, 2.75) is 40.0 Å². The number of rotatable bonds is 9. The molecule has 0 bridgehead atoms. The van der Waals surface area contributed by atoms with E-state index >= 15 is 0 Å². The molecule has 0 atom stereocenters. The van der Waals surface area contributed by atoms with Crippen LogP contribution < -0.4 is 16.0 Å². The number of carbonyl (C=O) groups excluding carboxylic acids is 1. The molecular weight excluding hydrogens is 298 g/mol. The van der Waals surface area contributed by atoms with E-state index in [0.29, 0.717) is 18.0 Å². The average Bonchev–Trinajstić information content (AvgIpc) is 2.93. The maximum absolute atomic E-state index is 11.9. The van der Waals surface area contributed by atoms with E-state index in [0.717, 1.165) is 31.2 Å². The first-order valence-corrected chi connectivity index (χ1v) is 8.77. The van der Waals surface area contributed by atoms with E-state index in [2.05, 4.69) is 32.9 Å². The predicted octanol–water partition coefficient (Wildman–Crippen LogP) is 1.93. The van der Waals surface area contributed by atoms with Crippen LogP contribution in [0.4, 0.5) is 0 Å². The maximum Gasteiger partial charge on any atom is 0.263 e. The molecule has 1 amide bonds. The number of nitrogens with zero attached hydrogens (tertiary/aromatic N) is 2. The van der Waals surface area contributed by atoms with Crippen molar-refractivity contribution in [3.8, 4) is 0 Å². The van der Waals surface area contributed by atoms with Gasteiger partial charge in [-0.25, -0.2) is 4.98 Å². The molecule has 22 heavy (non-hydrogen) atoms. The van der Waals surface area contributed by atoms with Crippen molar-refractivity contribution in [1.29, 1.82) is 0 Å². The van der Waals surface area contributed by atoms with Gasteiger partial charge in [-0.05, 0) is 20.3 Å². The molecule has 1 heterocycles. The number of guanidine groups is 1. The number of hydrogen-bond acceptors (Lipinski definition) is 4. The minimum atomic E-state index is -0.0633. The summed E-state index contributed by atoms with van der Waals surface area (Å²) in [5.74, 6) is 0.744. The van der Waals surface area contributed by atoms with E-state index in [-0.39, 0.29) is 5.91 Å². The Bertz CT molecular complexity index is 472. The second-order valence-electron chi connectivity index (χ2n) is 4.92. The van der Waals surface area contributed by atoms with Gasteiger partial charge in [-0.1, -0.05) is 19.8 Å². The fourth-order valence-electron chi connectivity index (χ4n) is 1.85. The minimum Gasteiger partial charge on any atom is -0.357 e. The Balaban J connectivity index is 2.27. The molecule has 1 rings (SSSR count). The lowest BCUT2D eigenvalue weighted by Crippen LogP contribution is -2.41. The van der Waals surface area contributed by atoms with Crippen LogP contribution in [0.5, 0.6) is 0 Å². The van der Waals surface area contributed by atoms with Crippen LogP contribution in [0, 0.1) is 6.92 Å². The van der Waals surface area contributed by atoms with Crippen LogP contribution in [0.3, 0.4) is 0 Å². The fraction of sp³-hybridized carbons (Fsp3) is 0.667. The molecule has 0 fully saturated rings. The summed E-state index contributed by atoms with van der Waals surface area (Å²) in [4.78, 5) is 21.2. The molecule has 0 saturated carbocycles. The number of aryl methyl sites for hydroxylation is 1. The summed E-state index contributed by atoms with van der Waals surface area (Å²) in [5, 5.41) is 9.31. The van der Waals surface area contributed by atoms with E-state index in [1.807, 2.05) is 13.8 Å². The molecule has 0 aliphatic carbocycles. The van der Waals surface area contributed by atoms with Gasteiger partial charge in [0.2, 0.25) is 0 Å². The normalized spacial score (nSPS) is 11.3. The van der Waals surface area contributed by atoms with Crippen molar-refractivity contribution in [1.82, 2.24) is 20.9 Å². The molecule has 7 heteroatoms. The Morgan fingerprint density at radius 1 is 1.23 bits per heavy atom. The van der Waals surface area contributed by atoms with Gasteiger partial charge in [-0.3, -0.25) is 9.79 Å². The summed E-state index contributed by atoms with van der Waals surface area (Å²) in [6.07, 6.45) is 3.50. The van der Waals surface area contributed by atoms with Crippen LogP contribution in [-0.2, 0) is 0 Å². The number of hydrogen-bond donors (Lipinski definition) is 3. The number of carbonyl (C=O) groups is 1. The maximum atomic E-state index is 11.9. The third-order valence-electron chi connectivity index (χ3n) is 3.03. The number of amides is 1. The van der Waals surface area contributed by atoms with Crippen LogP contribution in [0.1, 0.15) is 48.5 Å². The van der Waals surface area contributed by atoms with E-state index in [1.165, 1.54) is 24.2 Å². The number of unbranched alkanes of at least 4 members (excludes halogenated alkanes) is 2. The van der Waals surface area contributed by atoms with E-state index < -0.39 is 0 Å². The quantitative estimate of drug-likeness (QED) is 0.368. The molecule has 124 valence electrons. The fourth-order valence-corrected chi connectivity index (χ4v) is 2.57. The Labute approximate surface area is 136 Å². The highest BCUT2D eigenvalue weighted by atomic mass is 32.1. The van der Waals surface area contributed by atoms with Crippen LogP contribution in [0.15, 0.2) is 10.5 Å². The summed E-state index contributed by atoms with van der Waals surface area (Å²) >= 11 is 1.37. The van der Waals surface area contributed by atoms with Gasteiger partial charge in [-0.2, -0.15) is 0 Å². The number of thiazole rings is 1. The third-order valence-corrected chi connectivity index (χ3v) is 3.96. The van der Waals surface area contributed by atoms with Crippen molar-refractivity contribution < 1.29 is 4.79 Å². The lowest BCUT2D eigenvalue weighted by molar-refractivity contribution is 0.0957. The van der Waals surface area contributed by atoms with E-state index in [4.69, 9.17) is 0 Å². The zero-order chi connectivity index (χ0) is 16.2. The Morgan fingerprint density at radius 3 is 2.64 bits per heavy atom. The molecule has 0 unspecified atom stereocenters. The van der Waals surface area contributed by atoms with Crippen molar-refractivity contribution in [3.63, 3.8) is 0 Å². The van der Waals surface area contributed by atoms with Gasteiger partial charge in [-0.15, -0.1) is 11.3 Å². The van der Waals surface area contributed by atoms with Crippen LogP contribution in [-0.4, -0.2) is 43.0 Å². The number of aliphatic imine (C=N–C) groups is 1. The third kappa shape index (κ3) is 6.89. The first-order valence-electron chi connectivity index (χ1n) is 7.89. The van der Waals surface area contributed by atoms with Crippen molar-refractivity contribution >= 4 is 23.2 Å². The highest BCUT2D eigenvalue weighted by Gasteiger charge is 2.10. The molecule has 0 radical (unpaired) electrons. The minimum absolute atomic E-state index is 0.0633. The Hall–Kier alpha value is -1.63. The Kier molecular flexibility index (Phi) is 9.21. The standard InChI is InChI=1S/C15H27N5OS/c1-4-6-7-8-18-15(16-5-2)19-10-9-17-14(21)13-12(3)20-11-22-13/h11H,4-10H2,1-3H3,(H,17,21)(H2,16,18,19). The largest absolute Gasteiger partial charge is 0.357 e. The average molecular weight is 325 g/mol. The van der Waals surface area contributed by atoms with Crippen LogP contribution >= 0.6 is 11.3 Å². The molecule has 3 N–H and O–H groups in total. The van der Waals surface area contributed by atoms with Crippen molar-refractivity contribution in [2.24, 2.45) is 4.99 Å². The van der Waals surface area contributed by atoms with Gasteiger partial charge in [0.25, 0.3) is 5.91 Å². The molecule has 1 aromatic heterocycles. The summed E-state index contributed by atoms with van der Waals surface area (Å²) in [6, 6.07) is 0. The second kappa shape index (κ2) is 11.0. The Morgan fingerprint density at radius 2 is 2.00 bits per heavy atom. The summed E-state index contributed by atoms with van der Waals surface area (Å²) < 4.78 is 0.